The van der Waals surface area contributed by atoms with E-state index in [1.54, 1.807) is 0 Å². The molecule has 0 saturated carbocycles. The van der Waals surface area contributed by atoms with Gasteiger partial charge in [-0.3, -0.25) is 4.79 Å². The lowest BCUT2D eigenvalue weighted by Crippen LogP contribution is -2.52. The van der Waals surface area contributed by atoms with Gasteiger partial charge >= 0.3 is 0 Å². The molecule has 122 valence electrons. The van der Waals surface area contributed by atoms with Gasteiger partial charge in [0.15, 0.2) is 5.78 Å². The Kier molecular flexibility index (Phi) is 6.55. The Hall–Kier alpha value is -1.23. The van der Waals surface area contributed by atoms with Crippen LogP contribution in [0.15, 0.2) is 30.3 Å². The van der Waals surface area contributed by atoms with Gasteiger partial charge in [-0.2, -0.15) is 0 Å². The largest absolute Gasteiger partial charge is 0.396 e. The Labute approximate surface area is 133 Å². The quantitative estimate of drug-likeness (QED) is 0.639. The van der Waals surface area contributed by atoms with Crippen LogP contribution in [0.2, 0.25) is 0 Å². The number of aliphatic hydroxyl groups is 1. The minimum absolute atomic E-state index is 0.182. The fourth-order valence-electron chi connectivity index (χ4n) is 3.44. The molecule has 4 heteroatoms. The maximum Gasteiger partial charge on any atom is 0.157 e. The number of Topliss-reactive ketones (excluding diaryl/α,β-unsaturated/α-hetero) is 1. The van der Waals surface area contributed by atoms with Crippen LogP contribution in [-0.4, -0.2) is 36.6 Å². The average molecular weight is 304 g/mol. The number of nitrogens with one attached hydrogen (secondary N) is 1. The first kappa shape index (κ1) is 17.1. The van der Waals surface area contributed by atoms with Crippen LogP contribution in [0, 0.1) is 5.41 Å². The summed E-state index contributed by atoms with van der Waals surface area (Å²) in [7, 11) is 0. The average Bonchev–Trinajstić information content (AvgIpc) is 2.56. The second kappa shape index (κ2) is 8.42. The molecular weight excluding hydrogens is 276 g/mol. The molecule has 0 aromatic heterocycles. The van der Waals surface area contributed by atoms with Crippen LogP contribution in [0.5, 0.6) is 0 Å². The standard InChI is InChI=1S/C18H28N2O2/c19-16(13-15-7-2-1-3-8-15)17(22)18(9-4-5-12-21)10-6-11-20-14-18/h1-3,7-8,16,20-21H,4-6,9-14,19H2/t16-,18+/m0/s1. The van der Waals surface area contributed by atoms with Crippen molar-refractivity contribution in [3.05, 3.63) is 35.9 Å². The molecule has 1 fully saturated rings. The zero-order valence-corrected chi connectivity index (χ0v) is 13.3. The van der Waals surface area contributed by atoms with Crippen molar-refractivity contribution in [2.75, 3.05) is 19.7 Å². The van der Waals surface area contributed by atoms with Gasteiger partial charge in [0, 0.05) is 18.6 Å². The number of hydrogen-bond acceptors (Lipinski definition) is 4. The van der Waals surface area contributed by atoms with Gasteiger partial charge < -0.3 is 16.2 Å². The third kappa shape index (κ3) is 4.38. The topological polar surface area (TPSA) is 75.4 Å². The van der Waals surface area contributed by atoms with Crippen molar-refractivity contribution in [3.63, 3.8) is 0 Å². The summed E-state index contributed by atoms with van der Waals surface area (Å²) in [5.74, 6) is 0.182. The molecule has 1 aromatic rings. The summed E-state index contributed by atoms with van der Waals surface area (Å²) < 4.78 is 0. The minimum atomic E-state index is -0.448. The van der Waals surface area contributed by atoms with Crippen LogP contribution in [-0.2, 0) is 11.2 Å². The lowest BCUT2D eigenvalue weighted by Gasteiger charge is -2.38. The number of hydrogen-bond donors (Lipinski definition) is 3. The van der Waals surface area contributed by atoms with Crippen molar-refractivity contribution in [3.8, 4) is 0 Å². The van der Waals surface area contributed by atoms with Crippen LogP contribution >= 0.6 is 0 Å². The molecule has 1 aromatic carbocycles. The first-order valence-electron chi connectivity index (χ1n) is 8.33. The number of carbonyl (C=O) groups is 1. The van der Waals surface area contributed by atoms with E-state index in [1.165, 1.54) is 0 Å². The maximum absolute atomic E-state index is 13.0. The molecule has 0 unspecified atom stereocenters. The van der Waals surface area contributed by atoms with Gasteiger partial charge in [-0.05, 0) is 44.2 Å². The molecule has 0 bridgehead atoms. The van der Waals surface area contributed by atoms with E-state index in [1.807, 2.05) is 30.3 Å². The number of unbranched alkanes of at least 4 members (excludes halogenated alkanes) is 1. The Morgan fingerprint density at radius 1 is 1.32 bits per heavy atom. The zero-order valence-electron chi connectivity index (χ0n) is 13.3. The SMILES string of the molecule is N[C@@H](Cc1ccccc1)C(=O)[C@]1(CCCCO)CCCNC1. The molecule has 0 aliphatic carbocycles. The summed E-state index contributed by atoms with van der Waals surface area (Å²) in [4.78, 5) is 13.0. The molecule has 1 aliphatic heterocycles. The van der Waals surface area contributed by atoms with Crippen molar-refractivity contribution in [1.82, 2.24) is 5.32 Å². The smallest absolute Gasteiger partial charge is 0.157 e. The van der Waals surface area contributed by atoms with Crippen LogP contribution in [0.4, 0.5) is 0 Å². The number of nitrogens with two attached hydrogens (primary N) is 1. The fraction of sp³-hybridized carbons (Fsp3) is 0.611. The molecule has 1 aliphatic rings. The maximum atomic E-state index is 13.0. The van der Waals surface area contributed by atoms with Crippen LogP contribution in [0.3, 0.4) is 0 Å². The number of ketones is 1. The van der Waals surface area contributed by atoms with E-state index in [9.17, 15) is 4.79 Å². The monoisotopic (exact) mass is 304 g/mol. The van der Waals surface area contributed by atoms with E-state index >= 15 is 0 Å². The molecule has 0 amide bonds. The third-order valence-electron chi connectivity index (χ3n) is 4.69. The highest BCUT2D eigenvalue weighted by atomic mass is 16.2. The summed E-state index contributed by atoms with van der Waals surface area (Å²) >= 11 is 0. The van der Waals surface area contributed by atoms with E-state index in [0.717, 1.165) is 50.8 Å². The van der Waals surface area contributed by atoms with Crippen molar-refractivity contribution in [1.29, 1.82) is 0 Å². The van der Waals surface area contributed by atoms with Gasteiger partial charge in [0.2, 0.25) is 0 Å². The summed E-state index contributed by atoms with van der Waals surface area (Å²) in [5.41, 5.74) is 7.01. The minimum Gasteiger partial charge on any atom is -0.396 e. The molecule has 1 heterocycles. The summed E-state index contributed by atoms with van der Waals surface area (Å²) in [6, 6.07) is 9.52. The van der Waals surface area contributed by atoms with E-state index in [4.69, 9.17) is 10.8 Å². The van der Waals surface area contributed by atoms with Gasteiger partial charge in [-0.25, -0.2) is 0 Å². The first-order valence-corrected chi connectivity index (χ1v) is 8.33. The summed E-state index contributed by atoms with van der Waals surface area (Å²) in [6.45, 7) is 1.89. The van der Waals surface area contributed by atoms with E-state index in [-0.39, 0.29) is 17.8 Å². The molecule has 1 saturated heterocycles. The van der Waals surface area contributed by atoms with Gasteiger partial charge in [0.25, 0.3) is 0 Å². The first-order chi connectivity index (χ1) is 10.7. The molecule has 4 N–H and O–H groups in total. The highest BCUT2D eigenvalue weighted by Gasteiger charge is 2.41. The number of aliphatic hydroxyl groups excluding tert-OH is 1. The van der Waals surface area contributed by atoms with E-state index in [0.29, 0.717) is 6.42 Å². The lowest BCUT2D eigenvalue weighted by molar-refractivity contribution is -0.131. The fourth-order valence-corrected chi connectivity index (χ4v) is 3.44. The van der Waals surface area contributed by atoms with Gasteiger partial charge in [0.1, 0.15) is 0 Å². The van der Waals surface area contributed by atoms with E-state index in [2.05, 4.69) is 5.32 Å². The van der Waals surface area contributed by atoms with Crippen LogP contribution < -0.4 is 11.1 Å². The molecule has 22 heavy (non-hydrogen) atoms. The van der Waals surface area contributed by atoms with Crippen molar-refractivity contribution in [2.24, 2.45) is 11.1 Å². The van der Waals surface area contributed by atoms with Gasteiger partial charge in [0.05, 0.1) is 6.04 Å². The lowest BCUT2D eigenvalue weighted by atomic mass is 9.70. The normalized spacial score (nSPS) is 23.2. The zero-order chi connectivity index (χ0) is 15.8. The van der Waals surface area contributed by atoms with Gasteiger partial charge in [-0.15, -0.1) is 0 Å². The van der Waals surface area contributed by atoms with E-state index < -0.39 is 6.04 Å². The highest BCUT2D eigenvalue weighted by molar-refractivity contribution is 5.90. The Balaban J connectivity index is 2.03. The Morgan fingerprint density at radius 3 is 2.73 bits per heavy atom. The summed E-state index contributed by atoms with van der Waals surface area (Å²) in [5, 5.41) is 12.4. The third-order valence-corrected chi connectivity index (χ3v) is 4.69. The molecular formula is C18H28N2O2. The van der Waals surface area contributed by atoms with Crippen molar-refractivity contribution >= 4 is 5.78 Å². The molecule has 2 rings (SSSR count). The molecule has 0 radical (unpaired) electrons. The van der Waals surface area contributed by atoms with Crippen LogP contribution in [0.25, 0.3) is 0 Å². The number of rotatable bonds is 8. The van der Waals surface area contributed by atoms with Crippen LogP contribution in [0.1, 0.15) is 37.7 Å². The highest BCUT2D eigenvalue weighted by Crippen LogP contribution is 2.34. The number of benzene rings is 1. The van der Waals surface area contributed by atoms with Gasteiger partial charge in [-0.1, -0.05) is 36.8 Å². The summed E-state index contributed by atoms with van der Waals surface area (Å²) in [6.07, 6.45) is 4.98. The molecule has 2 atom stereocenters. The molecule has 4 nitrogen and oxygen atoms in total. The predicted molar refractivity (Wildman–Crippen MR) is 88.6 cm³/mol. The second-order valence-electron chi connectivity index (χ2n) is 6.40. The number of piperidine rings is 1. The second-order valence-corrected chi connectivity index (χ2v) is 6.40. The van der Waals surface area contributed by atoms with Crippen molar-refractivity contribution in [2.45, 2.75) is 44.6 Å². The number of carbonyl (C=O) groups excluding carboxylic acids is 1. The Bertz CT molecular complexity index is 455. The Morgan fingerprint density at radius 2 is 2.09 bits per heavy atom. The van der Waals surface area contributed by atoms with Crippen molar-refractivity contribution < 1.29 is 9.90 Å². The molecule has 0 spiro atoms. The predicted octanol–water partition coefficient (Wildman–Crippen LogP) is 1.66.